The molecule has 2 aliphatic rings. The third-order valence-electron chi connectivity index (χ3n) is 5.20. The van der Waals surface area contributed by atoms with Crippen molar-refractivity contribution in [2.24, 2.45) is 0 Å². The van der Waals surface area contributed by atoms with E-state index in [1.165, 1.54) is 0 Å². The van der Waals surface area contributed by atoms with Crippen molar-refractivity contribution >= 4 is 17.2 Å². The predicted molar refractivity (Wildman–Crippen MR) is 123 cm³/mol. The maximum absolute atomic E-state index is 6.45. The minimum atomic E-state index is -0.491. The molecule has 1 fully saturated rings. The first-order chi connectivity index (χ1) is 15.3. The summed E-state index contributed by atoms with van der Waals surface area (Å²) in [7, 11) is 0. The number of nitrogens with zero attached hydrogens (tertiary/aromatic N) is 2. The van der Waals surface area contributed by atoms with Crippen LogP contribution in [0.3, 0.4) is 0 Å². The van der Waals surface area contributed by atoms with Crippen LogP contribution in [0.25, 0.3) is 17.0 Å². The Kier molecular flexibility index (Phi) is 7.12. The third-order valence-corrected chi connectivity index (χ3v) is 5.58. The van der Waals surface area contributed by atoms with E-state index in [1.54, 1.807) is 0 Å². The first kappa shape index (κ1) is 23.1. The molecule has 1 N–H and O–H groups in total. The van der Waals surface area contributed by atoms with Crippen LogP contribution < -0.4 is 5.32 Å². The van der Waals surface area contributed by atoms with Gasteiger partial charge in [0.1, 0.15) is 0 Å². The maximum Gasteiger partial charge on any atom is 0.258 e. The summed E-state index contributed by atoms with van der Waals surface area (Å²) < 4.78 is 22.7. The predicted octanol–water partition coefficient (Wildman–Crippen LogP) is 4.33. The topological polar surface area (TPSA) is 78.6 Å². The number of hydrogen-bond acceptors (Lipinski definition) is 7. The van der Waals surface area contributed by atoms with E-state index in [9.17, 15) is 0 Å². The second kappa shape index (κ2) is 9.85. The van der Waals surface area contributed by atoms with Gasteiger partial charge in [-0.05, 0) is 45.4 Å². The van der Waals surface area contributed by atoms with Crippen LogP contribution in [0.4, 0.5) is 0 Å². The highest BCUT2D eigenvalue weighted by Gasteiger charge is 2.32. The van der Waals surface area contributed by atoms with Crippen molar-refractivity contribution in [1.29, 1.82) is 0 Å². The molecule has 0 amide bonds. The Labute approximate surface area is 193 Å². The molecule has 3 unspecified atom stereocenters. The van der Waals surface area contributed by atoms with Crippen molar-refractivity contribution in [3.8, 4) is 11.5 Å². The minimum absolute atomic E-state index is 0.0732. The lowest BCUT2D eigenvalue weighted by atomic mass is 10.0. The van der Waals surface area contributed by atoms with Gasteiger partial charge < -0.3 is 24.1 Å². The number of rotatable bonds is 8. The van der Waals surface area contributed by atoms with Gasteiger partial charge in [0, 0.05) is 24.2 Å². The smallest absolute Gasteiger partial charge is 0.258 e. The number of ether oxygens (including phenoxy) is 3. The molecule has 1 aromatic carbocycles. The van der Waals surface area contributed by atoms with Crippen LogP contribution >= 0.6 is 11.6 Å². The van der Waals surface area contributed by atoms with E-state index in [1.807, 2.05) is 70.2 Å². The van der Waals surface area contributed by atoms with Crippen LogP contribution in [-0.4, -0.2) is 52.8 Å². The molecule has 0 saturated carbocycles. The van der Waals surface area contributed by atoms with E-state index in [0.29, 0.717) is 18.3 Å². The van der Waals surface area contributed by atoms with E-state index in [2.05, 4.69) is 15.5 Å². The summed E-state index contributed by atoms with van der Waals surface area (Å²) in [6.45, 7) is 9.94. The number of alkyl halides is 1. The van der Waals surface area contributed by atoms with E-state index >= 15 is 0 Å². The van der Waals surface area contributed by atoms with Gasteiger partial charge in [0.15, 0.2) is 5.79 Å². The Balaban J connectivity index is 1.32. The van der Waals surface area contributed by atoms with E-state index < -0.39 is 5.79 Å². The summed E-state index contributed by atoms with van der Waals surface area (Å²) in [6, 6.07) is 8.05. The van der Waals surface area contributed by atoms with Crippen LogP contribution in [0.2, 0.25) is 0 Å². The van der Waals surface area contributed by atoms with Gasteiger partial charge >= 0.3 is 0 Å². The zero-order chi connectivity index (χ0) is 22.7. The number of aromatic nitrogens is 2. The van der Waals surface area contributed by atoms with Gasteiger partial charge in [-0.3, -0.25) is 0 Å². The molecule has 0 radical (unpaired) electrons. The van der Waals surface area contributed by atoms with E-state index in [-0.39, 0.29) is 23.7 Å². The van der Waals surface area contributed by atoms with Gasteiger partial charge in [0.05, 0.1) is 30.3 Å². The summed E-state index contributed by atoms with van der Waals surface area (Å²) in [5.41, 5.74) is 2.85. The van der Waals surface area contributed by atoms with Crippen molar-refractivity contribution in [1.82, 2.24) is 15.5 Å². The van der Waals surface area contributed by atoms with Crippen LogP contribution in [0.1, 0.15) is 39.1 Å². The molecule has 0 bridgehead atoms. The molecule has 7 nitrogen and oxygen atoms in total. The van der Waals surface area contributed by atoms with Gasteiger partial charge in [-0.2, -0.15) is 4.98 Å². The average Bonchev–Trinajstić information content (AvgIpc) is 3.36. The van der Waals surface area contributed by atoms with Crippen molar-refractivity contribution in [2.75, 3.05) is 13.2 Å². The van der Waals surface area contributed by atoms with Crippen LogP contribution in [0.15, 0.2) is 47.0 Å². The van der Waals surface area contributed by atoms with Crippen molar-refractivity contribution < 1.29 is 18.7 Å². The Morgan fingerprint density at radius 2 is 2.03 bits per heavy atom. The number of hydrogen-bond donors (Lipinski definition) is 1. The zero-order valence-electron chi connectivity index (χ0n) is 18.9. The molecule has 8 heteroatoms. The molecule has 2 aromatic rings. The highest BCUT2D eigenvalue weighted by molar-refractivity contribution is 6.23. The Morgan fingerprint density at radius 1 is 1.25 bits per heavy atom. The molecule has 1 aliphatic heterocycles. The largest absolute Gasteiger partial charge is 0.370 e. The first-order valence-corrected chi connectivity index (χ1v) is 11.4. The monoisotopic (exact) mass is 459 g/mol. The Morgan fingerprint density at radius 3 is 2.69 bits per heavy atom. The molecule has 172 valence electrons. The highest BCUT2D eigenvalue weighted by Crippen LogP contribution is 2.27. The van der Waals surface area contributed by atoms with Crippen molar-refractivity contribution in [2.45, 2.75) is 63.7 Å². The molecule has 4 rings (SSSR count). The zero-order valence-corrected chi connectivity index (χ0v) is 19.6. The van der Waals surface area contributed by atoms with Crippen LogP contribution in [-0.2, 0) is 20.8 Å². The van der Waals surface area contributed by atoms with Crippen LogP contribution in [0, 0.1) is 0 Å². The molecular weight excluding hydrogens is 430 g/mol. The quantitative estimate of drug-likeness (QED) is 0.588. The average molecular weight is 460 g/mol. The van der Waals surface area contributed by atoms with Gasteiger partial charge in [-0.25, -0.2) is 0 Å². The van der Waals surface area contributed by atoms with E-state index in [4.69, 9.17) is 30.3 Å². The molecule has 32 heavy (non-hydrogen) atoms. The molecule has 1 aromatic heterocycles. The van der Waals surface area contributed by atoms with Gasteiger partial charge in [0.2, 0.25) is 5.82 Å². The second-order valence-electron chi connectivity index (χ2n) is 8.78. The number of halogens is 1. The highest BCUT2D eigenvalue weighted by atomic mass is 35.5. The summed E-state index contributed by atoms with van der Waals surface area (Å²) in [5.74, 6) is 0.491. The third kappa shape index (κ3) is 5.85. The first-order valence-electron chi connectivity index (χ1n) is 10.9. The normalized spacial score (nSPS) is 24.8. The molecule has 0 spiro atoms. The number of nitrogens with one attached hydrogen (secondary N) is 1. The standard InChI is InChI=1S/C24H30ClN3O4/c1-15(2)30-21-10-9-18(11-20(21)25)22-27-23(32-28-22)17-7-5-16(6-8-17)12-26-13-19-14-29-24(3,4)31-19/h5-11,15,19-21,26H,12-14H2,1-4H3. The SMILES string of the molecule is CC(C)OC1C=CC(c2noc(-c3ccc(CNCC4COC(C)(C)O4)cc3)n2)=CC1Cl. The van der Waals surface area contributed by atoms with Crippen LogP contribution in [0.5, 0.6) is 0 Å². The summed E-state index contributed by atoms with van der Waals surface area (Å²) in [5, 5.41) is 7.25. The summed E-state index contributed by atoms with van der Waals surface area (Å²) in [4.78, 5) is 4.54. The Bertz CT molecular complexity index is 968. The van der Waals surface area contributed by atoms with Gasteiger partial charge in [-0.1, -0.05) is 35.5 Å². The lowest BCUT2D eigenvalue weighted by Crippen LogP contribution is -2.30. The van der Waals surface area contributed by atoms with Gasteiger partial charge in [0.25, 0.3) is 5.89 Å². The lowest BCUT2D eigenvalue weighted by molar-refractivity contribution is -0.137. The molecule has 3 atom stereocenters. The summed E-state index contributed by atoms with van der Waals surface area (Å²) >= 11 is 6.45. The Hall–Kier alpha value is -2.03. The lowest BCUT2D eigenvalue weighted by Gasteiger charge is -2.23. The molecular formula is C24H30ClN3O4. The summed E-state index contributed by atoms with van der Waals surface area (Å²) in [6.07, 6.45) is 5.78. The molecule has 1 aliphatic carbocycles. The number of benzene rings is 1. The minimum Gasteiger partial charge on any atom is -0.370 e. The second-order valence-corrected chi connectivity index (χ2v) is 9.28. The molecule has 1 saturated heterocycles. The fourth-order valence-corrected chi connectivity index (χ4v) is 3.95. The fraction of sp³-hybridized carbons (Fsp3) is 0.500. The van der Waals surface area contributed by atoms with Crippen molar-refractivity contribution in [3.05, 3.63) is 53.9 Å². The van der Waals surface area contributed by atoms with E-state index in [0.717, 1.165) is 29.8 Å². The maximum atomic E-state index is 6.45. The van der Waals surface area contributed by atoms with Crippen molar-refractivity contribution in [3.63, 3.8) is 0 Å². The molecule has 2 heterocycles. The number of allylic oxidation sites excluding steroid dienone is 2. The fourth-order valence-electron chi connectivity index (χ4n) is 3.67. The van der Waals surface area contributed by atoms with Gasteiger partial charge in [-0.15, -0.1) is 11.6 Å².